The Balaban J connectivity index is 1.52. The van der Waals surface area contributed by atoms with Crippen LogP contribution in [-0.4, -0.2) is 36.4 Å². The van der Waals surface area contributed by atoms with Gasteiger partial charge in [-0.25, -0.2) is 9.97 Å². The Kier molecular flexibility index (Phi) is 18.4. The third kappa shape index (κ3) is 15.7. The maximum absolute atomic E-state index is 5.92. The Bertz CT molecular complexity index is 765. The molecule has 37 heavy (non-hydrogen) atoms. The van der Waals surface area contributed by atoms with E-state index >= 15 is 0 Å². The van der Waals surface area contributed by atoms with Gasteiger partial charge < -0.3 is 14.2 Å². The molecule has 0 saturated carbocycles. The number of hydrogen-bond acceptors (Lipinski definition) is 5. The number of rotatable bonds is 24. The second-order valence-corrected chi connectivity index (χ2v) is 10.0. The average Bonchev–Trinajstić information content (AvgIpc) is 2.93. The largest absolute Gasteiger partial charge is 0.494 e. The van der Waals surface area contributed by atoms with Crippen molar-refractivity contribution in [2.24, 2.45) is 0 Å². The van der Waals surface area contributed by atoms with Gasteiger partial charge in [-0.3, -0.25) is 0 Å². The predicted octanol–water partition coefficient (Wildman–Crippen LogP) is 9.20. The molecule has 2 rings (SSSR count). The highest BCUT2D eigenvalue weighted by Gasteiger charge is 2.04. The van der Waals surface area contributed by atoms with Crippen LogP contribution >= 0.6 is 0 Å². The molecule has 0 aliphatic carbocycles. The molecular formula is C32H52N2O3. The van der Waals surface area contributed by atoms with Gasteiger partial charge in [-0.05, 0) is 56.4 Å². The van der Waals surface area contributed by atoms with Crippen molar-refractivity contribution in [1.29, 1.82) is 0 Å². The summed E-state index contributed by atoms with van der Waals surface area (Å²) in [4.78, 5) is 8.96. The molecule has 1 aromatic carbocycles. The molecule has 5 nitrogen and oxygen atoms in total. The standard InChI is InChI=1S/C32H52N2O3/c1-3-5-7-8-9-10-11-12-13-17-25-36-30-21-19-29(20-22-30)32-33-27-31(28-34-32)37-26-18-15-14-16-24-35-23-6-4-2/h19-22,27-28H,3-18,23-26H2,1-2H3. The summed E-state index contributed by atoms with van der Waals surface area (Å²) in [7, 11) is 0. The smallest absolute Gasteiger partial charge is 0.159 e. The summed E-state index contributed by atoms with van der Waals surface area (Å²) in [5, 5.41) is 0. The van der Waals surface area contributed by atoms with Crippen molar-refractivity contribution in [2.75, 3.05) is 26.4 Å². The minimum Gasteiger partial charge on any atom is -0.494 e. The van der Waals surface area contributed by atoms with E-state index in [-0.39, 0.29) is 0 Å². The van der Waals surface area contributed by atoms with E-state index in [4.69, 9.17) is 14.2 Å². The molecular weight excluding hydrogens is 460 g/mol. The van der Waals surface area contributed by atoms with E-state index in [0.29, 0.717) is 12.4 Å². The summed E-state index contributed by atoms with van der Waals surface area (Å²) < 4.78 is 17.3. The van der Waals surface area contributed by atoms with E-state index in [1.807, 2.05) is 24.3 Å². The van der Waals surface area contributed by atoms with Gasteiger partial charge in [0.2, 0.25) is 0 Å². The first-order chi connectivity index (χ1) is 18.3. The summed E-state index contributed by atoms with van der Waals surface area (Å²) in [6.45, 7) is 7.72. The summed E-state index contributed by atoms with van der Waals surface area (Å²) in [6.07, 6.45) is 23.8. The molecule has 5 heteroatoms. The number of benzene rings is 1. The lowest BCUT2D eigenvalue weighted by molar-refractivity contribution is 0.126. The lowest BCUT2D eigenvalue weighted by Gasteiger charge is -2.08. The van der Waals surface area contributed by atoms with E-state index in [1.165, 1.54) is 70.6 Å². The predicted molar refractivity (Wildman–Crippen MR) is 154 cm³/mol. The lowest BCUT2D eigenvalue weighted by Crippen LogP contribution is -2.00. The van der Waals surface area contributed by atoms with Crippen LogP contribution in [0.5, 0.6) is 11.5 Å². The SMILES string of the molecule is CCCCCCCCCCCCOc1ccc(-c2ncc(OCCCCCCOCCCC)cn2)cc1. The van der Waals surface area contributed by atoms with Gasteiger partial charge in [0.05, 0.1) is 25.6 Å². The Hall–Kier alpha value is -2.14. The van der Waals surface area contributed by atoms with Crippen LogP contribution < -0.4 is 9.47 Å². The Morgan fingerprint density at radius 2 is 0.946 bits per heavy atom. The quantitative estimate of drug-likeness (QED) is 0.131. The van der Waals surface area contributed by atoms with E-state index in [0.717, 1.165) is 69.0 Å². The van der Waals surface area contributed by atoms with Crippen LogP contribution in [0.2, 0.25) is 0 Å². The van der Waals surface area contributed by atoms with Crippen LogP contribution in [0.1, 0.15) is 117 Å². The molecule has 1 aromatic heterocycles. The summed E-state index contributed by atoms with van der Waals surface area (Å²) >= 11 is 0. The fourth-order valence-corrected chi connectivity index (χ4v) is 4.22. The van der Waals surface area contributed by atoms with Gasteiger partial charge in [0.25, 0.3) is 0 Å². The highest BCUT2D eigenvalue weighted by atomic mass is 16.5. The lowest BCUT2D eigenvalue weighted by atomic mass is 10.1. The van der Waals surface area contributed by atoms with Gasteiger partial charge >= 0.3 is 0 Å². The molecule has 0 radical (unpaired) electrons. The van der Waals surface area contributed by atoms with Crippen LogP contribution in [0.3, 0.4) is 0 Å². The molecule has 0 spiro atoms. The molecule has 2 aromatic rings. The molecule has 0 saturated heterocycles. The fourth-order valence-electron chi connectivity index (χ4n) is 4.22. The van der Waals surface area contributed by atoms with Crippen LogP contribution in [0.25, 0.3) is 11.4 Å². The topological polar surface area (TPSA) is 53.5 Å². The Morgan fingerprint density at radius 3 is 1.51 bits per heavy atom. The third-order valence-electron chi connectivity index (χ3n) is 6.60. The average molecular weight is 513 g/mol. The minimum absolute atomic E-state index is 0.699. The molecule has 0 amide bonds. The monoisotopic (exact) mass is 512 g/mol. The second kappa shape index (κ2) is 21.9. The summed E-state index contributed by atoms with van der Waals surface area (Å²) in [6, 6.07) is 8.06. The maximum Gasteiger partial charge on any atom is 0.159 e. The normalized spacial score (nSPS) is 11.1. The van der Waals surface area contributed by atoms with Crippen LogP contribution in [0.4, 0.5) is 0 Å². The molecule has 0 aliphatic rings. The van der Waals surface area contributed by atoms with Gasteiger partial charge in [-0.1, -0.05) is 84.5 Å². The molecule has 208 valence electrons. The second-order valence-electron chi connectivity index (χ2n) is 10.0. The summed E-state index contributed by atoms with van der Waals surface area (Å²) in [5.41, 5.74) is 0.985. The summed E-state index contributed by atoms with van der Waals surface area (Å²) in [5.74, 6) is 2.34. The Labute approximate surface area is 226 Å². The first kappa shape index (κ1) is 31.1. The van der Waals surface area contributed by atoms with Crippen molar-refractivity contribution in [3.8, 4) is 22.9 Å². The minimum atomic E-state index is 0.699. The highest BCUT2D eigenvalue weighted by Crippen LogP contribution is 2.21. The maximum atomic E-state index is 5.92. The van der Waals surface area contributed by atoms with Gasteiger partial charge in [0, 0.05) is 18.8 Å². The molecule has 0 atom stereocenters. The number of nitrogens with zero attached hydrogens (tertiary/aromatic N) is 2. The van der Waals surface area contributed by atoms with Gasteiger partial charge in [0.1, 0.15) is 5.75 Å². The van der Waals surface area contributed by atoms with E-state index in [9.17, 15) is 0 Å². The van der Waals surface area contributed by atoms with Gasteiger partial charge in [-0.15, -0.1) is 0 Å². The van der Waals surface area contributed by atoms with Crippen molar-refractivity contribution in [2.45, 2.75) is 117 Å². The van der Waals surface area contributed by atoms with Crippen LogP contribution in [-0.2, 0) is 4.74 Å². The number of unbranched alkanes of at least 4 members (excludes halogenated alkanes) is 13. The van der Waals surface area contributed by atoms with Crippen LogP contribution in [0.15, 0.2) is 36.7 Å². The highest BCUT2D eigenvalue weighted by molar-refractivity contribution is 5.56. The van der Waals surface area contributed by atoms with E-state index < -0.39 is 0 Å². The third-order valence-corrected chi connectivity index (χ3v) is 6.60. The van der Waals surface area contributed by atoms with Crippen molar-refractivity contribution in [3.05, 3.63) is 36.7 Å². The number of aromatic nitrogens is 2. The first-order valence-corrected chi connectivity index (χ1v) is 15.1. The zero-order valence-electron chi connectivity index (χ0n) is 23.7. The van der Waals surface area contributed by atoms with Crippen molar-refractivity contribution in [1.82, 2.24) is 9.97 Å². The number of hydrogen-bond donors (Lipinski definition) is 0. The van der Waals surface area contributed by atoms with E-state index in [1.54, 1.807) is 12.4 Å². The van der Waals surface area contributed by atoms with Crippen LogP contribution in [0, 0.1) is 0 Å². The van der Waals surface area contributed by atoms with Crippen molar-refractivity contribution >= 4 is 0 Å². The molecule has 0 aliphatic heterocycles. The molecule has 0 unspecified atom stereocenters. The molecule has 0 fully saturated rings. The number of ether oxygens (including phenoxy) is 3. The zero-order chi connectivity index (χ0) is 26.2. The fraction of sp³-hybridized carbons (Fsp3) is 0.688. The molecule has 0 bridgehead atoms. The zero-order valence-corrected chi connectivity index (χ0v) is 23.7. The van der Waals surface area contributed by atoms with Gasteiger partial charge in [0.15, 0.2) is 11.6 Å². The Morgan fingerprint density at radius 1 is 0.486 bits per heavy atom. The van der Waals surface area contributed by atoms with Crippen molar-refractivity contribution in [3.63, 3.8) is 0 Å². The van der Waals surface area contributed by atoms with Crippen molar-refractivity contribution < 1.29 is 14.2 Å². The molecule has 0 N–H and O–H groups in total. The first-order valence-electron chi connectivity index (χ1n) is 15.1. The van der Waals surface area contributed by atoms with E-state index in [2.05, 4.69) is 23.8 Å². The molecule has 1 heterocycles. The van der Waals surface area contributed by atoms with Gasteiger partial charge in [-0.2, -0.15) is 0 Å².